The van der Waals surface area contributed by atoms with Crippen LogP contribution in [0.15, 0.2) is 27.6 Å². The van der Waals surface area contributed by atoms with Gasteiger partial charge in [-0.05, 0) is 70.6 Å². The quantitative estimate of drug-likeness (QED) is 0.651. The lowest BCUT2D eigenvalue weighted by atomic mass is 10.1. The number of nitrogens with zero attached hydrogens (tertiary/aromatic N) is 3. The van der Waals surface area contributed by atoms with E-state index in [0.29, 0.717) is 24.8 Å². The number of amides is 1. The topological polar surface area (TPSA) is 77.7 Å². The number of hydrogen-bond acceptors (Lipinski definition) is 7. The highest BCUT2D eigenvalue weighted by Gasteiger charge is 2.27. The molecule has 8 heteroatoms. The van der Waals surface area contributed by atoms with Crippen molar-refractivity contribution < 1.29 is 18.8 Å². The van der Waals surface area contributed by atoms with E-state index in [0.717, 1.165) is 18.4 Å². The van der Waals surface area contributed by atoms with Crippen molar-refractivity contribution in [3.63, 3.8) is 0 Å². The summed E-state index contributed by atoms with van der Waals surface area (Å²) in [4.78, 5) is 19.5. The normalized spacial score (nSPS) is 15.6. The molecule has 29 heavy (non-hydrogen) atoms. The summed E-state index contributed by atoms with van der Waals surface area (Å²) < 4.78 is 16.7. The van der Waals surface area contributed by atoms with Crippen LogP contribution in [-0.2, 0) is 16.1 Å². The van der Waals surface area contributed by atoms with Gasteiger partial charge in [0.25, 0.3) is 5.89 Å². The third kappa shape index (κ3) is 5.96. The molecular weight excluding hydrogens is 390 g/mol. The Morgan fingerprint density at radius 3 is 2.66 bits per heavy atom. The summed E-state index contributed by atoms with van der Waals surface area (Å²) in [6, 6.07) is 6.13. The van der Waals surface area contributed by atoms with Crippen LogP contribution in [0.4, 0.5) is 4.79 Å². The van der Waals surface area contributed by atoms with Gasteiger partial charge >= 0.3 is 6.09 Å². The molecule has 3 rings (SSSR count). The number of likely N-dealkylation sites (tertiary alicyclic amines) is 1. The van der Waals surface area contributed by atoms with E-state index in [1.807, 2.05) is 26.8 Å². The van der Waals surface area contributed by atoms with Gasteiger partial charge in [-0.1, -0.05) is 5.16 Å². The first-order valence-electron chi connectivity index (χ1n) is 9.82. The van der Waals surface area contributed by atoms with Crippen molar-refractivity contribution in [1.82, 2.24) is 15.0 Å². The number of thioether (sulfide) groups is 1. The molecule has 1 aliphatic heterocycles. The molecule has 0 unspecified atom stereocenters. The molecule has 0 saturated carbocycles. The Bertz CT molecular complexity index is 839. The van der Waals surface area contributed by atoms with Crippen molar-refractivity contribution in [3.8, 4) is 11.4 Å². The number of aryl methyl sites for hydroxylation is 1. The minimum Gasteiger partial charge on any atom is -0.444 e. The van der Waals surface area contributed by atoms with Crippen molar-refractivity contribution >= 4 is 17.9 Å². The van der Waals surface area contributed by atoms with Gasteiger partial charge in [0.1, 0.15) is 12.2 Å². The molecule has 0 atom stereocenters. The van der Waals surface area contributed by atoms with Crippen LogP contribution in [0.5, 0.6) is 0 Å². The van der Waals surface area contributed by atoms with Gasteiger partial charge in [0.05, 0.1) is 6.10 Å². The fraction of sp³-hybridized carbons (Fsp3) is 0.571. The highest BCUT2D eigenvalue weighted by molar-refractivity contribution is 7.98. The molecule has 2 heterocycles. The van der Waals surface area contributed by atoms with Gasteiger partial charge in [0.15, 0.2) is 0 Å². The first-order valence-corrected chi connectivity index (χ1v) is 11.0. The number of carbonyl (C=O) groups excluding carboxylic acids is 1. The number of benzene rings is 1. The number of rotatable bonds is 5. The number of aromatic nitrogens is 2. The second-order valence-electron chi connectivity index (χ2n) is 8.17. The Morgan fingerprint density at radius 2 is 2.03 bits per heavy atom. The zero-order valence-electron chi connectivity index (χ0n) is 17.7. The summed E-state index contributed by atoms with van der Waals surface area (Å²) in [5.41, 5.74) is 1.64. The lowest BCUT2D eigenvalue weighted by Crippen LogP contribution is -2.43. The largest absolute Gasteiger partial charge is 0.444 e. The second-order valence-corrected chi connectivity index (χ2v) is 9.02. The van der Waals surface area contributed by atoms with Crippen LogP contribution in [0, 0.1) is 6.92 Å². The summed E-state index contributed by atoms with van der Waals surface area (Å²) in [7, 11) is 0. The van der Waals surface area contributed by atoms with E-state index >= 15 is 0 Å². The van der Waals surface area contributed by atoms with Crippen LogP contribution in [0.2, 0.25) is 0 Å². The van der Waals surface area contributed by atoms with E-state index in [2.05, 4.69) is 35.5 Å². The number of hydrogen-bond donors (Lipinski definition) is 0. The molecule has 1 saturated heterocycles. The van der Waals surface area contributed by atoms with E-state index < -0.39 is 5.60 Å². The van der Waals surface area contributed by atoms with Crippen LogP contribution in [0.1, 0.15) is 45.1 Å². The molecule has 1 aromatic heterocycles. The minimum absolute atomic E-state index is 0.0622. The molecule has 0 bridgehead atoms. The van der Waals surface area contributed by atoms with Crippen molar-refractivity contribution in [1.29, 1.82) is 0 Å². The molecule has 1 amide bonds. The lowest BCUT2D eigenvalue weighted by molar-refractivity contribution is -0.0231. The highest BCUT2D eigenvalue weighted by atomic mass is 32.2. The molecular formula is C21H29N3O4S. The van der Waals surface area contributed by atoms with Gasteiger partial charge in [0.2, 0.25) is 5.82 Å². The summed E-state index contributed by atoms with van der Waals surface area (Å²) in [6.45, 7) is 9.20. The van der Waals surface area contributed by atoms with Crippen LogP contribution >= 0.6 is 11.8 Å². The van der Waals surface area contributed by atoms with E-state index in [1.54, 1.807) is 16.7 Å². The van der Waals surface area contributed by atoms with Crippen LogP contribution in [-0.4, -0.2) is 52.2 Å². The molecule has 0 radical (unpaired) electrons. The zero-order valence-corrected chi connectivity index (χ0v) is 18.5. The Kier molecular flexibility index (Phi) is 6.85. The van der Waals surface area contributed by atoms with Crippen molar-refractivity contribution in [2.24, 2.45) is 0 Å². The van der Waals surface area contributed by atoms with E-state index in [-0.39, 0.29) is 18.8 Å². The lowest BCUT2D eigenvalue weighted by Gasteiger charge is -2.33. The Morgan fingerprint density at radius 1 is 1.31 bits per heavy atom. The molecule has 1 aromatic carbocycles. The third-order valence-corrected chi connectivity index (χ3v) is 5.56. The fourth-order valence-electron chi connectivity index (χ4n) is 3.17. The van der Waals surface area contributed by atoms with Crippen LogP contribution in [0.3, 0.4) is 0 Å². The number of piperidine rings is 1. The van der Waals surface area contributed by atoms with Gasteiger partial charge < -0.3 is 18.9 Å². The van der Waals surface area contributed by atoms with Gasteiger partial charge in [-0.15, -0.1) is 11.8 Å². The second kappa shape index (κ2) is 9.17. The SMILES string of the molecule is CSc1ccc(-c2noc(COC3CCN(C(=O)OC(C)(C)C)CC3)n2)cc1C. The molecule has 0 N–H and O–H groups in total. The summed E-state index contributed by atoms with van der Waals surface area (Å²) in [6.07, 6.45) is 3.38. The van der Waals surface area contributed by atoms with Gasteiger partial charge in [0, 0.05) is 23.5 Å². The minimum atomic E-state index is -0.478. The number of carbonyl (C=O) groups is 1. The summed E-state index contributed by atoms with van der Waals surface area (Å²) in [5, 5.41) is 4.07. The van der Waals surface area contributed by atoms with E-state index in [4.69, 9.17) is 14.0 Å². The Hall–Kier alpha value is -2.06. The van der Waals surface area contributed by atoms with E-state index in [1.165, 1.54) is 10.5 Å². The maximum absolute atomic E-state index is 12.1. The summed E-state index contributed by atoms with van der Waals surface area (Å²) >= 11 is 1.72. The Labute approximate surface area is 176 Å². The Balaban J connectivity index is 1.48. The smallest absolute Gasteiger partial charge is 0.410 e. The molecule has 0 aliphatic carbocycles. The van der Waals surface area contributed by atoms with E-state index in [9.17, 15) is 4.79 Å². The van der Waals surface area contributed by atoms with Crippen LogP contribution in [0.25, 0.3) is 11.4 Å². The standard InChI is InChI=1S/C21H29N3O4S/c1-14-12-15(6-7-17(14)29-5)19-22-18(28-23-19)13-26-16-8-10-24(11-9-16)20(25)27-21(2,3)4/h6-7,12,16H,8-11,13H2,1-5H3. The maximum Gasteiger partial charge on any atom is 0.410 e. The molecule has 1 fully saturated rings. The summed E-state index contributed by atoms with van der Waals surface area (Å²) in [5.74, 6) is 1.03. The third-order valence-electron chi connectivity index (χ3n) is 4.66. The van der Waals surface area contributed by atoms with Gasteiger partial charge in [-0.2, -0.15) is 4.98 Å². The molecule has 1 aliphatic rings. The fourth-order valence-corrected chi connectivity index (χ4v) is 3.75. The van der Waals surface area contributed by atoms with Gasteiger partial charge in [-0.25, -0.2) is 4.79 Å². The maximum atomic E-state index is 12.1. The van der Waals surface area contributed by atoms with Gasteiger partial charge in [-0.3, -0.25) is 0 Å². The predicted octanol–water partition coefficient (Wildman–Crippen LogP) is 4.68. The van der Waals surface area contributed by atoms with Crippen molar-refractivity contribution in [2.45, 2.75) is 63.7 Å². The highest BCUT2D eigenvalue weighted by Crippen LogP contribution is 2.25. The monoisotopic (exact) mass is 419 g/mol. The molecule has 158 valence electrons. The molecule has 2 aromatic rings. The first kappa shape index (κ1) is 21.6. The number of ether oxygens (including phenoxy) is 2. The molecule has 0 spiro atoms. The zero-order chi connectivity index (χ0) is 21.0. The molecule has 7 nitrogen and oxygen atoms in total. The first-order chi connectivity index (χ1) is 13.7. The predicted molar refractivity (Wildman–Crippen MR) is 112 cm³/mol. The average Bonchev–Trinajstić information content (AvgIpc) is 3.14. The average molecular weight is 420 g/mol. The van der Waals surface area contributed by atoms with Crippen LogP contribution < -0.4 is 0 Å². The van der Waals surface area contributed by atoms with Crippen molar-refractivity contribution in [3.05, 3.63) is 29.7 Å². The van der Waals surface area contributed by atoms with Crippen molar-refractivity contribution in [2.75, 3.05) is 19.3 Å².